The lowest BCUT2D eigenvalue weighted by molar-refractivity contribution is 0.103. The molecule has 5 rings (SSSR count). The topological polar surface area (TPSA) is 47.3 Å². The van der Waals surface area contributed by atoms with Gasteiger partial charge in [0.1, 0.15) is 17.0 Å². The molecule has 0 atom stereocenters. The van der Waals surface area contributed by atoms with Crippen LogP contribution in [-0.4, -0.2) is 11.6 Å². The fourth-order valence-corrected chi connectivity index (χ4v) is 4.08. The van der Waals surface area contributed by atoms with E-state index in [0.29, 0.717) is 39.0 Å². The SMILES string of the molecule is Cc1ccccc1C(=O)c1ccc2oc3ccc(C(=O)c4ccc(F)cc4C)cc3c2c1. The van der Waals surface area contributed by atoms with Crippen molar-refractivity contribution in [2.45, 2.75) is 13.8 Å². The van der Waals surface area contributed by atoms with Crippen molar-refractivity contribution in [3.63, 3.8) is 0 Å². The number of hydrogen-bond acceptors (Lipinski definition) is 3. The summed E-state index contributed by atoms with van der Waals surface area (Å²) in [6.07, 6.45) is 0. The van der Waals surface area contributed by atoms with Crippen molar-refractivity contribution in [2.75, 3.05) is 0 Å². The second-order valence-corrected chi connectivity index (χ2v) is 7.96. The van der Waals surface area contributed by atoms with Gasteiger partial charge in [-0.2, -0.15) is 0 Å². The Bertz CT molecular complexity index is 1540. The van der Waals surface area contributed by atoms with Gasteiger partial charge in [-0.25, -0.2) is 4.39 Å². The summed E-state index contributed by atoms with van der Waals surface area (Å²) in [5.41, 5.74) is 4.91. The van der Waals surface area contributed by atoms with Crippen LogP contribution in [-0.2, 0) is 0 Å². The third-order valence-electron chi connectivity index (χ3n) is 5.82. The van der Waals surface area contributed by atoms with Crippen molar-refractivity contribution in [3.8, 4) is 0 Å². The molecular formula is C28H19FO3. The van der Waals surface area contributed by atoms with E-state index in [1.54, 1.807) is 37.3 Å². The smallest absolute Gasteiger partial charge is 0.193 e. The van der Waals surface area contributed by atoms with E-state index in [1.807, 2.05) is 37.3 Å². The fourth-order valence-electron chi connectivity index (χ4n) is 4.08. The van der Waals surface area contributed by atoms with E-state index < -0.39 is 0 Å². The van der Waals surface area contributed by atoms with Crippen LogP contribution < -0.4 is 0 Å². The van der Waals surface area contributed by atoms with Gasteiger partial charge < -0.3 is 4.42 Å². The Kier molecular flexibility index (Phi) is 4.71. The van der Waals surface area contributed by atoms with Gasteiger partial charge in [-0.1, -0.05) is 24.3 Å². The molecule has 0 bridgehead atoms. The quantitative estimate of drug-likeness (QED) is 0.299. The van der Waals surface area contributed by atoms with Gasteiger partial charge in [-0.3, -0.25) is 9.59 Å². The Labute approximate surface area is 184 Å². The van der Waals surface area contributed by atoms with E-state index in [9.17, 15) is 14.0 Å². The largest absolute Gasteiger partial charge is 0.456 e. The van der Waals surface area contributed by atoms with E-state index in [-0.39, 0.29) is 17.4 Å². The fraction of sp³-hybridized carbons (Fsp3) is 0.0714. The van der Waals surface area contributed by atoms with Crippen LogP contribution in [0.3, 0.4) is 0 Å². The highest BCUT2D eigenvalue weighted by molar-refractivity contribution is 6.16. The number of ketones is 2. The summed E-state index contributed by atoms with van der Waals surface area (Å²) >= 11 is 0. The highest BCUT2D eigenvalue weighted by Gasteiger charge is 2.17. The zero-order valence-electron chi connectivity index (χ0n) is 17.6. The molecule has 1 aromatic heterocycles. The minimum atomic E-state index is -0.374. The van der Waals surface area contributed by atoms with Crippen LogP contribution in [0.15, 0.2) is 83.3 Å². The maximum atomic E-state index is 13.5. The molecule has 0 fully saturated rings. The number of hydrogen-bond donors (Lipinski definition) is 0. The number of benzene rings is 4. The van der Waals surface area contributed by atoms with Crippen LogP contribution in [0.25, 0.3) is 21.9 Å². The Hall–Kier alpha value is -4.05. The molecule has 0 saturated carbocycles. The molecule has 3 nitrogen and oxygen atoms in total. The van der Waals surface area contributed by atoms with Crippen LogP contribution in [0, 0.1) is 19.7 Å². The van der Waals surface area contributed by atoms with E-state index in [2.05, 4.69) is 0 Å². The monoisotopic (exact) mass is 422 g/mol. The standard InChI is InChI=1S/C28H19FO3/c1-16-5-3-4-6-21(16)27(30)18-7-11-25-23(14-18)24-15-19(8-12-26(24)32-25)28(31)22-10-9-20(29)13-17(22)2/h3-15H,1-2H3. The Morgan fingerprint density at radius 2 is 1.22 bits per heavy atom. The summed E-state index contributed by atoms with van der Waals surface area (Å²) in [5, 5.41) is 1.52. The first-order valence-electron chi connectivity index (χ1n) is 10.3. The zero-order chi connectivity index (χ0) is 22.4. The van der Waals surface area contributed by atoms with Gasteiger partial charge in [-0.05, 0) is 79.6 Å². The van der Waals surface area contributed by atoms with E-state index in [1.165, 1.54) is 18.2 Å². The second-order valence-electron chi connectivity index (χ2n) is 7.96. The molecule has 0 unspecified atom stereocenters. The maximum Gasteiger partial charge on any atom is 0.193 e. The lowest BCUT2D eigenvalue weighted by atomic mass is 9.96. The lowest BCUT2D eigenvalue weighted by Gasteiger charge is -2.06. The van der Waals surface area contributed by atoms with E-state index >= 15 is 0 Å². The molecule has 0 amide bonds. The molecule has 32 heavy (non-hydrogen) atoms. The number of furan rings is 1. The summed E-state index contributed by atoms with van der Waals surface area (Å²) in [6, 6.07) is 22.2. The average molecular weight is 422 g/mol. The zero-order valence-corrected chi connectivity index (χ0v) is 17.6. The number of rotatable bonds is 4. The van der Waals surface area contributed by atoms with Gasteiger partial charge in [0, 0.05) is 33.0 Å². The Balaban J connectivity index is 1.61. The molecular weight excluding hydrogens is 403 g/mol. The van der Waals surface area contributed by atoms with Gasteiger partial charge in [0.05, 0.1) is 0 Å². The van der Waals surface area contributed by atoms with Crippen LogP contribution in [0.4, 0.5) is 4.39 Å². The highest BCUT2D eigenvalue weighted by atomic mass is 19.1. The second kappa shape index (κ2) is 7.57. The van der Waals surface area contributed by atoms with Crippen LogP contribution in [0.5, 0.6) is 0 Å². The third kappa shape index (κ3) is 3.30. The molecule has 1 heterocycles. The minimum absolute atomic E-state index is 0.0616. The molecule has 5 aromatic rings. The van der Waals surface area contributed by atoms with E-state index in [4.69, 9.17) is 4.42 Å². The molecule has 4 aromatic carbocycles. The molecule has 4 heteroatoms. The molecule has 0 radical (unpaired) electrons. The van der Waals surface area contributed by atoms with Crippen LogP contribution >= 0.6 is 0 Å². The molecule has 0 N–H and O–H groups in total. The number of aryl methyl sites for hydroxylation is 2. The maximum absolute atomic E-state index is 13.5. The Morgan fingerprint density at radius 1 is 0.656 bits per heavy atom. The summed E-state index contributed by atoms with van der Waals surface area (Å²) in [4.78, 5) is 26.1. The molecule has 0 saturated heterocycles. The normalized spacial score (nSPS) is 11.2. The number of carbonyl (C=O) groups excluding carboxylic acids is 2. The summed E-state index contributed by atoms with van der Waals surface area (Å²) < 4.78 is 19.4. The van der Waals surface area contributed by atoms with Crippen molar-refractivity contribution in [1.29, 1.82) is 0 Å². The van der Waals surface area contributed by atoms with Crippen molar-refractivity contribution >= 4 is 33.5 Å². The van der Waals surface area contributed by atoms with Crippen LogP contribution in [0.2, 0.25) is 0 Å². The summed E-state index contributed by atoms with van der Waals surface area (Å²) in [7, 11) is 0. The highest BCUT2D eigenvalue weighted by Crippen LogP contribution is 2.31. The molecule has 0 spiro atoms. The van der Waals surface area contributed by atoms with Crippen LogP contribution in [0.1, 0.15) is 43.0 Å². The first-order valence-corrected chi connectivity index (χ1v) is 10.3. The van der Waals surface area contributed by atoms with Gasteiger partial charge in [0.25, 0.3) is 0 Å². The number of fused-ring (bicyclic) bond motifs is 3. The first kappa shape index (κ1) is 19.9. The molecule has 0 aliphatic rings. The van der Waals surface area contributed by atoms with Crippen molar-refractivity contribution in [2.24, 2.45) is 0 Å². The minimum Gasteiger partial charge on any atom is -0.456 e. The predicted octanol–water partition coefficient (Wildman–Crippen LogP) is 6.80. The lowest BCUT2D eigenvalue weighted by Crippen LogP contribution is -2.04. The van der Waals surface area contributed by atoms with E-state index in [0.717, 1.165) is 16.3 Å². The average Bonchev–Trinajstić information content (AvgIpc) is 3.15. The molecule has 0 aliphatic heterocycles. The summed E-state index contributed by atoms with van der Waals surface area (Å²) in [5.74, 6) is -0.624. The summed E-state index contributed by atoms with van der Waals surface area (Å²) in [6.45, 7) is 3.62. The van der Waals surface area contributed by atoms with Crippen molar-refractivity contribution in [1.82, 2.24) is 0 Å². The van der Waals surface area contributed by atoms with Gasteiger partial charge >= 0.3 is 0 Å². The first-order chi connectivity index (χ1) is 15.4. The molecule has 0 aliphatic carbocycles. The van der Waals surface area contributed by atoms with Gasteiger partial charge in [-0.15, -0.1) is 0 Å². The third-order valence-corrected chi connectivity index (χ3v) is 5.82. The van der Waals surface area contributed by atoms with Crippen molar-refractivity contribution in [3.05, 3.63) is 118 Å². The van der Waals surface area contributed by atoms with Gasteiger partial charge in [0.2, 0.25) is 0 Å². The number of carbonyl (C=O) groups is 2. The van der Waals surface area contributed by atoms with Crippen molar-refractivity contribution < 1.29 is 18.4 Å². The van der Waals surface area contributed by atoms with Gasteiger partial charge in [0.15, 0.2) is 11.6 Å². The predicted molar refractivity (Wildman–Crippen MR) is 123 cm³/mol. The molecule has 156 valence electrons. The Morgan fingerprint density at radius 3 is 1.78 bits per heavy atom. The number of halogens is 1.